The minimum atomic E-state index is -1.08. The highest BCUT2D eigenvalue weighted by molar-refractivity contribution is 5.81. The molecule has 0 aliphatic rings. The first-order chi connectivity index (χ1) is 29.9. The fourth-order valence-corrected chi connectivity index (χ4v) is 5.92. The van der Waals surface area contributed by atoms with Gasteiger partial charge < -0.3 is 58.7 Å². The van der Waals surface area contributed by atoms with Crippen molar-refractivity contribution in [3.05, 3.63) is 157 Å². The van der Waals surface area contributed by atoms with Crippen molar-refractivity contribution >= 4 is 17.9 Å². The highest BCUT2D eigenvalue weighted by Gasteiger charge is 2.29. The number of carbonyl (C=O) groups excluding carboxylic acids is 3. The van der Waals surface area contributed by atoms with Gasteiger partial charge in [-0.05, 0) is 70.8 Å². The van der Waals surface area contributed by atoms with Crippen LogP contribution in [0.3, 0.4) is 0 Å². The molecule has 15 nitrogen and oxygen atoms in total. The molecule has 62 heavy (non-hydrogen) atoms. The number of esters is 3. The van der Waals surface area contributed by atoms with Crippen LogP contribution in [0.1, 0.15) is 34.1 Å². The molecule has 0 fully saturated rings. The fourth-order valence-electron chi connectivity index (χ4n) is 5.92. The number of aliphatic hydroxyl groups excluding tert-OH is 5. The lowest BCUT2D eigenvalue weighted by Crippen LogP contribution is -2.24. The first kappa shape index (κ1) is 48.2. The first-order valence-corrected chi connectivity index (χ1v) is 19.5. The van der Waals surface area contributed by atoms with Crippen molar-refractivity contribution in [1.82, 2.24) is 0 Å². The zero-order chi connectivity index (χ0) is 44.9. The van der Waals surface area contributed by atoms with E-state index in [-0.39, 0.29) is 58.1 Å². The average Bonchev–Trinajstić information content (AvgIpc) is 3.31. The molecule has 4 rings (SSSR count). The van der Waals surface area contributed by atoms with Crippen LogP contribution in [0.5, 0.6) is 23.0 Å². The summed E-state index contributed by atoms with van der Waals surface area (Å²) in [4.78, 5) is 34.3. The Morgan fingerprint density at radius 3 is 0.839 bits per heavy atom. The molecule has 15 heteroatoms. The van der Waals surface area contributed by atoms with E-state index < -0.39 is 48.9 Å². The first-order valence-electron chi connectivity index (χ1n) is 19.5. The molecule has 0 saturated carbocycles. The summed E-state index contributed by atoms with van der Waals surface area (Å²) in [7, 11) is 0. The van der Waals surface area contributed by atoms with Crippen molar-refractivity contribution in [2.24, 2.45) is 0 Å². The summed E-state index contributed by atoms with van der Waals surface area (Å²) < 4.78 is 37.8. The summed E-state index contributed by atoms with van der Waals surface area (Å²) in [6.07, 6.45) is -1.28. The minimum absolute atomic E-state index is 0.106. The topological polar surface area (TPSA) is 217 Å². The standard InChI is InChI=1S/C47H52O15/c1-4-43(53)60-28-36(50)25-57-40-17-9-32(10-18-40)46(31-7-15-39(16-8-31)56-24-35(49)23-48)47(33-11-19-41(20-12-33)58-26-37(51)29-61-44(54)5-2)34-13-21-42(22-14-34)59-27-38(52)30-62-45(55)6-3/h4-22,35-38,46-52H,1-3,23-30H2. The van der Waals surface area contributed by atoms with Gasteiger partial charge in [-0.2, -0.15) is 0 Å². The summed E-state index contributed by atoms with van der Waals surface area (Å²) >= 11 is 0. The van der Waals surface area contributed by atoms with E-state index in [1.165, 1.54) is 0 Å². The Kier molecular flexibility index (Phi) is 19.7. The monoisotopic (exact) mass is 856 g/mol. The van der Waals surface area contributed by atoms with Crippen LogP contribution >= 0.6 is 0 Å². The number of rotatable bonds is 27. The van der Waals surface area contributed by atoms with Gasteiger partial charge in [-0.3, -0.25) is 0 Å². The summed E-state index contributed by atoms with van der Waals surface area (Å²) in [5.74, 6) is -0.921. The number of benzene rings is 4. The third-order valence-corrected chi connectivity index (χ3v) is 9.02. The van der Waals surface area contributed by atoms with Gasteiger partial charge in [-0.25, -0.2) is 14.4 Å². The quantitative estimate of drug-likeness (QED) is 0.0328. The van der Waals surface area contributed by atoms with Gasteiger partial charge in [0.2, 0.25) is 0 Å². The van der Waals surface area contributed by atoms with Crippen molar-refractivity contribution in [2.45, 2.75) is 36.3 Å². The Morgan fingerprint density at radius 1 is 0.403 bits per heavy atom. The molecule has 4 aromatic rings. The molecule has 0 bridgehead atoms. The summed E-state index contributed by atoms with van der Waals surface area (Å²) in [6, 6.07) is 29.3. The smallest absolute Gasteiger partial charge is 0.330 e. The van der Waals surface area contributed by atoms with Gasteiger partial charge >= 0.3 is 17.9 Å². The van der Waals surface area contributed by atoms with Crippen LogP contribution < -0.4 is 18.9 Å². The van der Waals surface area contributed by atoms with Crippen molar-refractivity contribution in [2.75, 3.05) is 52.9 Å². The Balaban J connectivity index is 1.69. The summed E-state index contributed by atoms with van der Waals surface area (Å²) in [5, 5.41) is 50.0. The number of aliphatic hydroxyl groups is 5. The third-order valence-electron chi connectivity index (χ3n) is 9.02. The van der Waals surface area contributed by atoms with E-state index in [0.717, 1.165) is 40.5 Å². The highest BCUT2D eigenvalue weighted by atomic mass is 16.6. The number of hydrogen-bond donors (Lipinski definition) is 5. The molecule has 0 aliphatic carbocycles. The van der Waals surface area contributed by atoms with E-state index in [2.05, 4.69) is 19.7 Å². The molecular formula is C47H52O15. The maximum Gasteiger partial charge on any atom is 0.330 e. The van der Waals surface area contributed by atoms with Crippen LogP contribution in [0.2, 0.25) is 0 Å². The second kappa shape index (κ2) is 25.3. The molecule has 0 saturated heterocycles. The van der Waals surface area contributed by atoms with Gasteiger partial charge in [-0.15, -0.1) is 0 Å². The van der Waals surface area contributed by atoms with Crippen molar-refractivity contribution in [3.63, 3.8) is 0 Å². The predicted octanol–water partition coefficient (Wildman–Crippen LogP) is 3.79. The van der Waals surface area contributed by atoms with E-state index >= 15 is 0 Å². The van der Waals surface area contributed by atoms with Gasteiger partial charge in [0.05, 0.1) is 6.61 Å². The molecule has 5 unspecified atom stereocenters. The van der Waals surface area contributed by atoms with Crippen molar-refractivity contribution in [1.29, 1.82) is 0 Å². The van der Waals surface area contributed by atoms with Crippen LogP contribution in [-0.2, 0) is 28.6 Å². The molecule has 0 aliphatic heterocycles. The number of carbonyl (C=O) groups is 3. The van der Waals surface area contributed by atoms with Crippen LogP contribution in [-0.4, -0.2) is 121 Å². The zero-order valence-electron chi connectivity index (χ0n) is 34.0. The van der Waals surface area contributed by atoms with Gasteiger partial charge in [0.15, 0.2) is 0 Å². The molecular weight excluding hydrogens is 805 g/mol. The largest absolute Gasteiger partial charge is 0.491 e. The van der Waals surface area contributed by atoms with Gasteiger partial charge in [-0.1, -0.05) is 68.3 Å². The highest BCUT2D eigenvalue weighted by Crippen LogP contribution is 2.44. The predicted molar refractivity (Wildman–Crippen MR) is 226 cm³/mol. The maximum atomic E-state index is 11.4. The van der Waals surface area contributed by atoms with E-state index in [1.807, 2.05) is 48.5 Å². The second-order valence-electron chi connectivity index (χ2n) is 13.8. The lowest BCUT2D eigenvalue weighted by Gasteiger charge is -2.30. The molecule has 330 valence electrons. The summed E-state index contributed by atoms with van der Waals surface area (Å²) in [5.41, 5.74) is 3.45. The fraction of sp³-hybridized carbons (Fsp3) is 0.298. The second-order valence-corrected chi connectivity index (χ2v) is 13.8. The lowest BCUT2D eigenvalue weighted by molar-refractivity contribution is -0.142. The van der Waals surface area contributed by atoms with Crippen LogP contribution in [0.4, 0.5) is 0 Å². The lowest BCUT2D eigenvalue weighted by atomic mass is 9.73. The van der Waals surface area contributed by atoms with Crippen LogP contribution in [0.25, 0.3) is 0 Å². The summed E-state index contributed by atoms with van der Waals surface area (Å²) in [6.45, 7) is 8.24. The van der Waals surface area contributed by atoms with E-state index in [0.29, 0.717) is 23.0 Å². The van der Waals surface area contributed by atoms with Crippen molar-refractivity contribution < 1.29 is 73.1 Å². The molecule has 0 radical (unpaired) electrons. The molecule has 0 heterocycles. The van der Waals surface area contributed by atoms with E-state index in [4.69, 9.17) is 33.2 Å². The average molecular weight is 857 g/mol. The zero-order valence-corrected chi connectivity index (χ0v) is 34.0. The minimum Gasteiger partial charge on any atom is -0.491 e. The third kappa shape index (κ3) is 15.8. The van der Waals surface area contributed by atoms with E-state index in [9.17, 15) is 39.9 Å². The van der Waals surface area contributed by atoms with Crippen LogP contribution in [0, 0.1) is 0 Å². The molecule has 0 spiro atoms. The van der Waals surface area contributed by atoms with Crippen LogP contribution in [0.15, 0.2) is 135 Å². The number of ether oxygens (including phenoxy) is 7. The number of hydrogen-bond acceptors (Lipinski definition) is 15. The normalized spacial score (nSPS) is 13.8. The SMILES string of the molecule is C=CC(=O)OCC(O)COc1ccc(C(c2ccc(OCC(O)CO)cc2)C(c2ccc(OCC(O)COC(=O)C=C)cc2)c2ccc(OCC(O)COC(=O)C=C)cc2)cc1. The Hall–Kier alpha value is -6.49. The van der Waals surface area contributed by atoms with Gasteiger partial charge in [0.25, 0.3) is 0 Å². The van der Waals surface area contributed by atoms with Crippen molar-refractivity contribution in [3.8, 4) is 23.0 Å². The molecule has 0 aromatic heterocycles. The molecule has 5 atom stereocenters. The Labute approximate surface area is 359 Å². The Morgan fingerprint density at radius 2 is 0.629 bits per heavy atom. The maximum absolute atomic E-state index is 11.4. The molecule has 4 aromatic carbocycles. The molecule has 5 N–H and O–H groups in total. The van der Waals surface area contributed by atoms with Gasteiger partial charge in [0.1, 0.15) is 93.7 Å². The molecule has 0 amide bonds. The Bertz CT molecular complexity index is 1940. The van der Waals surface area contributed by atoms with E-state index in [1.54, 1.807) is 48.5 Å². The van der Waals surface area contributed by atoms with Gasteiger partial charge in [0, 0.05) is 30.1 Å².